The molecule has 1 amide bonds. The molecule has 0 spiro atoms. The molecule has 0 bridgehead atoms. The van der Waals surface area contributed by atoms with Crippen LogP contribution in [0.1, 0.15) is 11.3 Å². The summed E-state index contributed by atoms with van der Waals surface area (Å²) in [6.07, 6.45) is 0.0305. The van der Waals surface area contributed by atoms with E-state index < -0.39 is 10.0 Å². The molecule has 0 aliphatic rings. The van der Waals surface area contributed by atoms with E-state index in [0.29, 0.717) is 10.9 Å². The first-order valence-electron chi connectivity index (χ1n) is 6.63. The smallest absolute Gasteiger partial charge is 0.242 e. The van der Waals surface area contributed by atoms with E-state index in [1.807, 2.05) is 6.07 Å². The van der Waals surface area contributed by atoms with Gasteiger partial charge in [0.15, 0.2) is 0 Å². The van der Waals surface area contributed by atoms with Gasteiger partial charge >= 0.3 is 0 Å². The third-order valence-electron chi connectivity index (χ3n) is 2.86. The fourth-order valence-electron chi connectivity index (χ4n) is 1.76. The molecule has 9 heteroatoms. The summed E-state index contributed by atoms with van der Waals surface area (Å²) in [7, 11) is -3.73. The average molecular weight is 393 g/mol. The number of thiophene rings is 1. The van der Waals surface area contributed by atoms with Crippen LogP contribution >= 0.6 is 34.5 Å². The van der Waals surface area contributed by atoms with E-state index in [0.717, 1.165) is 4.88 Å². The minimum absolute atomic E-state index is 0.00435. The van der Waals surface area contributed by atoms with Crippen LogP contribution in [0.15, 0.2) is 41.3 Å². The van der Waals surface area contributed by atoms with Gasteiger partial charge in [0.05, 0.1) is 15.9 Å². The van der Waals surface area contributed by atoms with Gasteiger partial charge in [-0.2, -0.15) is 0 Å². The van der Waals surface area contributed by atoms with Crippen LogP contribution in [0.2, 0.25) is 9.36 Å². The van der Waals surface area contributed by atoms with Gasteiger partial charge in [0.2, 0.25) is 15.9 Å². The molecule has 0 radical (unpaired) electrons. The quantitative estimate of drug-likeness (QED) is 0.759. The maximum absolute atomic E-state index is 12.1. The summed E-state index contributed by atoms with van der Waals surface area (Å²) in [5.74, 6) is -0.253. The van der Waals surface area contributed by atoms with Crippen molar-refractivity contribution in [2.24, 2.45) is 0 Å². The molecule has 1 aromatic heterocycles. The number of hydrogen-bond acceptors (Lipinski definition) is 4. The number of carbonyl (C=O) groups excluding carboxylic acids is 1. The molecular weight excluding hydrogens is 379 g/mol. The summed E-state index contributed by atoms with van der Waals surface area (Å²) >= 11 is 13.0. The van der Waals surface area contributed by atoms with Crippen LogP contribution in [0, 0.1) is 0 Å². The maximum Gasteiger partial charge on any atom is 0.242 e. The van der Waals surface area contributed by atoms with Crippen LogP contribution in [0.3, 0.4) is 0 Å². The fraction of sp³-hybridized carbons (Fsp3) is 0.214. The van der Waals surface area contributed by atoms with Crippen LogP contribution in [0.5, 0.6) is 0 Å². The molecule has 124 valence electrons. The Hall–Kier alpha value is -1.12. The lowest BCUT2D eigenvalue weighted by Crippen LogP contribution is -2.30. The molecule has 0 saturated heterocycles. The third kappa shape index (κ3) is 5.47. The topological polar surface area (TPSA) is 75.3 Å². The first kappa shape index (κ1) is 18.2. The van der Waals surface area contributed by atoms with Crippen molar-refractivity contribution in [1.29, 1.82) is 0 Å². The van der Waals surface area contributed by atoms with Gasteiger partial charge in [-0.3, -0.25) is 4.79 Å². The fourth-order valence-corrected chi connectivity index (χ4v) is 4.34. The van der Waals surface area contributed by atoms with E-state index in [2.05, 4.69) is 10.0 Å². The summed E-state index contributed by atoms with van der Waals surface area (Å²) in [5, 5.41) is 2.84. The monoisotopic (exact) mass is 392 g/mol. The number of rotatable bonds is 7. The summed E-state index contributed by atoms with van der Waals surface area (Å²) in [5.41, 5.74) is 0. The second kappa shape index (κ2) is 8.12. The van der Waals surface area contributed by atoms with Crippen molar-refractivity contribution < 1.29 is 13.2 Å². The molecule has 0 aliphatic carbocycles. The highest BCUT2D eigenvalue weighted by Gasteiger charge is 2.17. The van der Waals surface area contributed by atoms with E-state index in [4.69, 9.17) is 23.2 Å². The Kier molecular flexibility index (Phi) is 6.43. The molecule has 0 aliphatic heterocycles. The molecule has 0 unspecified atom stereocenters. The third-order valence-corrected chi connectivity index (χ3v) is 6.05. The Bertz CT molecular complexity index is 791. The molecular formula is C14H14Cl2N2O3S2. The molecule has 23 heavy (non-hydrogen) atoms. The lowest BCUT2D eigenvalue weighted by molar-refractivity contribution is -0.121. The van der Waals surface area contributed by atoms with Crippen molar-refractivity contribution in [2.45, 2.75) is 17.9 Å². The first-order valence-corrected chi connectivity index (χ1v) is 9.69. The zero-order valence-electron chi connectivity index (χ0n) is 11.9. The Morgan fingerprint density at radius 3 is 2.52 bits per heavy atom. The SMILES string of the molecule is O=C(CCNS(=O)(=O)c1ccccc1Cl)NCc1ccc(Cl)s1. The summed E-state index contributed by atoms with van der Waals surface area (Å²) in [6, 6.07) is 9.71. The second-order valence-corrected chi connectivity index (χ2v) is 8.50. The van der Waals surface area contributed by atoms with Crippen molar-refractivity contribution in [2.75, 3.05) is 6.54 Å². The number of carbonyl (C=O) groups is 1. The van der Waals surface area contributed by atoms with Crippen molar-refractivity contribution in [3.63, 3.8) is 0 Å². The van der Waals surface area contributed by atoms with Crippen LogP contribution in [-0.2, 0) is 21.4 Å². The molecule has 2 rings (SSSR count). The molecule has 2 aromatic rings. The van der Waals surface area contributed by atoms with Crippen molar-refractivity contribution >= 4 is 50.5 Å². The van der Waals surface area contributed by atoms with Crippen molar-refractivity contribution in [3.8, 4) is 0 Å². The Labute approximate surface area is 148 Å². The normalized spacial score (nSPS) is 11.4. The molecule has 0 atom stereocenters. The Morgan fingerprint density at radius 1 is 1.13 bits per heavy atom. The van der Waals surface area contributed by atoms with Gasteiger partial charge in [-0.1, -0.05) is 35.3 Å². The van der Waals surface area contributed by atoms with E-state index in [-0.39, 0.29) is 28.8 Å². The number of sulfonamides is 1. The summed E-state index contributed by atoms with van der Waals surface area (Å²) < 4.78 is 27.2. The predicted octanol–water partition coefficient (Wildman–Crippen LogP) is 3.04. The second-order valence-electron chi connectivity index (χ2n) is 4.56. The highest BCUT2D eigenvalue weighted by Crippen LogP contribution is 2.21. The lowest BCUT2D eigenvalue weighted by atomic mass is 10.4. The highest BCUT2D eigenvalue weighted by atomic mass is 35.5. The van der Waals surface area contributed by atoms with Crippen molar-refractivity contribution in [3.05, 3.63) is 50.6 Å². The van der Waals surface area contributed by atoms with Gasteiger partial charge in [0, 0.05) is 17.8 Å². The number of nitrogens with one attached hydrogen (secondary N) is 2. The number of benzene rings is 1. The Morgan fingerprint density at radius 2 is 1.87 bits per heavy atom. The lowest BCUT2D eigenvalue weighted by Gasteiger charge is -2.08. The van der Waals surface area contributed by atoms with E-state index >= 15 is 0 Å². The minimum Gasteiger partial charge on any atom is -0.351 e. The molecule has 1 heterocycles. The van der Waals surface area contributed by atoms with Crippen LogP contribution in [-0.4, -0.2) is 20.9 Å². The van der Waals surface area contributed by atoms with E-state index in [9.17, 15) is 13.2 Å². The largest absolute Gasteiger partial charge is 0.351 e. The maximum atomic E-state index is 12.1. The van der Waals surface area contributed by atoms with Gasteiger partial charge in [0.25, 0.3) is 0 Å². The predicted molar refractivity (Wildman–Crippen MR) is 92.4 cm³/mol. The van der Waals surface area contributed by atoms with Crippen LogP contribution in [0.25, 0.3) is 0 Å². The average Bonchev–Trinajstić information content (AvgIpc) is 2.91. The minimum atomic E-state index is -3.73. The van der Waals surface area contributed by atoms with Crippen molar-refractivity contribution in [1.82, 2.24) is 10.0 Å². The zero-order valence-corrected chi connectivity index (χ0v) is 15.0. The standard InChI is InChI=1S/C14H14Cl2N2O3S2/c15-11-3-1-2-4-12(11)23(20,21)18-8-7-14(19)17-9-10-5-6-13(16)22-10/h1-6,18H,7-9H2,(H,17,19). The van der Waals surface area contributed by atoms with Gasteiger partial charge in [-0.15, -0.1) is 11.3 Å². The summed E-state index contributed by atoms with van der Waals surface area (Å²) in [6.45, 7) is 0.359. The molecule has 0 saturated carbocycles. The van der Waals surface area contributed by atoms with E-state index in [1.54, 1.807) is 18.2 Å². The van der Waals surface area contributed by atoms with Crippen LogP contribution < -0.4 is 10.0 Å². The summed E-state index contributed by atoms with van der Waals surface area (Å²) in [4.78, 5) is 12.6. The van der Waals surface area contributed by atoms with E-state index in [1.165, 1.54) is 23.5 Å². The molecule has 2 N–H and O–H groups in total. The zero-order chi connectivity index (χ0) is 16.9. The van der Waals surface area contributed by atoms with Gasteiger partial charge in [-0.25, -0.2) is 13.1 Å². The Balaban J connectivity index is 1.80. The number of hydrogen-bond donors (Lipinski definition) is 2. The van der Waals surface area contributed by atoms with Gasteiger partial charge in [-0.05, 0) is 24.3 Å². The molecule has 0 fully saturated rings. The van der Waals surface area contributed by atoms with Crippen LogP contribution in [0.4, 0.5) is 0 Å². The molecule has 5 nitrogen and oxygen atoms in total. The number of halogens is 2. The van der Waals surface area contributed by atoms with Gasteiger partial charge < -0.3 is 5.32 Å². The number of amides is 1. The highest BCUT2D eigenvalue weighted by molar-refractivity contribution is 7.89. The van der Waals surface area contributed by atoms with Gasteiger partial charge in [0.1, 0.15) is 4.90 Å². The molecule has 1 aromatic carbocycles. The first-order chi connectivity index (χ1) is 10.9.